The van der Waals surface area contributed by atoms with Crippen LogP contribution in [0.4, 0.5) is 0 Å². The van der Waals surface area contributed by atoms with Gasteiger partial charge in [0.15, 0.2) is 0 Å². The number of aromatic nitrogens is 3. The van der Waals surface area contributed by atoms with Gasteiger partial charge in [0.05, 0.1) is 11.6 Å². The molecular formula is C20H23N5O2. The number of carbonyl (C=O) groups is 1. The van der Waals surface area contributed by atoms with Gasteiger partial charge in [0.1, 0.15) is 22.8 Å². The molecule has 1 aliphatic rings. The van der Waals surface area contributed by atoms with E-state index in [2.05, 4.69) is 27.2 Å². The van der Waals surface area contributed by atoms with Gasteiger partial charge in [-0.2, -0.15) is 0 Å². The van der Waals surface area contributed by atoms with Crippen molar-refractivity contribution in [2.24, 2.45) is 0 Å². The first-order chi connectivity index (χ1) is 13.1. The highest BCUT2D eigenvalue weighted by molar-refractivity contribution is 5.98. The molecule has 1 aliphatic heterocycles. The number of pyridine rings is 2. The molecule has 140 valence electrons. The lowest BCUT2D eigenvalue weighted by molar-refractivity contribution is 0.0823. The molecule has 1 amide bonds. The van der Waals surface area contributed by atoms with Crippen molar-refractivity contribution < 1.29 is 9.53 Å². The fourth-order valence-electron chi connectivity index (χ4n) is 3.45. The molecule has 3 aromatic heterocycles. The summed E-state index contributed by atoms with van der Waals surface area (Å²) in [4.78, 5) is 25.8. The highest BCUT2D eigenvalue weighted by Gasteiger charge is 2.21. The number of nitrogens with one attached hydrogen (secondary N) is 2. The van der Waals surface area contributed by atoms with Gasteiger partial charge in [0, 0.05) is 45.0 Å². The fraction of sp³-hybridized carbons (Fsp3) is 0.350. The van der Waals surface area contributed by atoms with E-state index in [9.17, 15) is 4.79 Å². The maximum Gasteiger partial charge on any atom is 0.269 e. The molecule has 4 rings (SSSR count). The second-order valence-electron chi connectivity index (χ2n) is 7.01. The van der Waals surface area contributed by atoms with Crippen molar-refractivity contribution in [3.8, 4) is 11.5 Å². The Hall–Kier alpha value is -2.93. The lowest BCUT2D eigenvalue weighted by Crippen LogP contribution is -2.28. The van der Waals surface area contributed by atoms with E-state index in [1.54, 1.807) is 38.6 Å². The average molecular weight is 365 g/mol. The quantitative estimate of drug-likeness (QED) is 0.742. The summed E-state index contributed by atoms with van der Waals surface area (Å²) in [6, 6.07) is 5.62. The molecule has 0 aliphatic carbocycles. The predicted molar refractivity (Wildman–Crippen MR) is 103 cm³/mol. The molecule has 1 atom stereocenters. The Morgan fingerprint density at radius 2 is 2.19 bits per heavy atom. The number of hydrogen-bond acceptors (Lipinski definition) is 5. The van der Waals surface area contributed by atoms with Crippen LogP contribution in [-0.2, 0) is 6.54 Å². The van der Waals surface area contributed by atoms with E-state index in [-0.39, 0.29) is 5.91 Å². The largest absolute Gasteiger partial charge is 0.455 e. The molecule has 0 saturated heterocycles. The average Bonchev–Trinajstić information content (AvgIpc) is 3.12. The summed E-state index contributed by atoms with van der Waals surface area (Å²) in [5.41, 5.74) is 3.44. The number of rotatable bonds is 4. The summed E-state index contributed by atoms with van der Waals surface area (Å²) in [6.45, 7) is 3.95. The Morgan fingerprint density at radius 3 is 2.96 bits per heavy atom. The zero-order valence-corrected chi connectivity index (χ0v) is 15.7. The Balaban J connectivity index is 1.67. The third kappa shape index (κ3) is 3.26. The maximum absolute atomic E-state index is 12.2. The summed E-state index contributed by atoms with van der Waals surface area (Å²) in [6.07, 6.45) is 4.50. The van der Waals surface area contributed by atoms with Gasteiger partial charge in [-0.1, -0.05) is 6.92 Å². The molecule has 0 fully saturated rings. The molecule has 2 N–H and O–H groups in total. The zero-order valence-electron chi connectivity index (χ0n) is 15.7. The minimum absolute atomic E-state index is 0.105. The van der Waals surface area contributed by atoms with E-state index in [0.29, 0.717) is 28.8 Å². The highest BCUT2D eigenvalue weighted by Crippen LogP contribution is 2.32. The van der Waals surface area contributed by atoms with Crippen molar-refractivity contribution in [2.45, 2.75) is 25.8 Å². The van der Waals surface area contributed by atoms with Gasteiger partial charge >= 0.3 is 0 Å². The molecule has 7 nitrogen and oxygen atoms in total. The van der Waals surface area contributed by atoms with Crippen LogP contribution in [0.5, 0.6) is 11.5 Å². The number of hydrogen-bond donors (Lipinski definition) is 2. The van der Waals surface area contributed by atoms with Crippen molar-refractivity contribution in [1.29, 1.82) is 0 Å². The molecule has 27 heavy (non-hydrogen) atoms. The lowest BCUT2D eigenvalue weighted by Gasteiger charge is -2.24. The molecule has 4 heterocycles. The normalized spacial score (nSPS) is 16.2. The van der Waals surface area contributed by atoms with E-state index in [4.69, 9.17) is 4.74 Å². The number of aromatic amines is 1. The molecular weight excluding hydrogens is 342 g/mol. The van der Waals surface area contributed by atoms with E-state index >= 15 is 0 Å². The van der Waals surface area contributed by atoms with Crippen LogP contribution >= 0.6 is 0 Å². The molecule has 0 unspecified atom stereocenters. The summed E-state index contributed by atoms with van der Waals surface area (Å²) < 4.78 is 6.10. The summed E-state index contributed by atoms with van der Waals surface area (Å²) in [5.74, 6) is 1.67. The highest BCUT2D eigenvalue weighted by atomic mass is 16.5. The van der Waals surface area contributed by atoms with Gasteiger partial charge in [-0.25, -0.2) is 4.98 Å². The van der Waals surface area contributed by atoms with Crippen LogP contribution in [0.1, 0.15) is 41.0 Å². The molecule has 0 spiro atoms. The Labute approximate surface area is 157 Å². The van der Waals surface area contributed by atoms with Crippen molar-refractivity contribution in [3.63, 3.8) is 0 Å². The van der Waals surface area contributed by atoms with Crippen molar-refractivity contribution in [1.82, 2.24) is 25.2 Å². The Kier molecular flexibility index (Phi) is 4.53. The minimum atomic E-state index is -0.105. The van der Waals surface area contributed by atoms with Gasteiger partial charge in [-0.15, -0.1) is 0 Å². The van der Waals surface area contributed by atoms with Crippen molar-refractivity contribution in [2.75, 3.05) is 20.6 Å². The van der Waals surface area contributed by atoms with Gasteiger partial charge in [-0.05, 0) is 30.2 Å². The van der Waals surface area contributed by atoms with Crippen molar-refractivity contribution in [3.05, 3.63) is 47.5 Å². The van der Waals surface area contributed by atoms with Gasteiger partial charge in [-0.3, -0.25) is 9.78 Å². The monoisotopic (exact) mass is 365 g/mol. The van der Waals surface area contributed by atoms with Gasteiger partial charge < -0.3 is 19.9 Å². The SMILES string of the molecule is CC[C@H]1CNCc2cc(Oc3ccnc4[nH]c(C(=O)N(C)C)cc34)cnc21. The first-order valence-corrected chi connectivity index (χ1v) is 9.13. The van der Waals surface area contributed by atoms with E-state index in [1.165, 1.54) is 10.5 Å². The van der Waals surface area contributed by atoms with E-state index in [1.807, 2.05) is 6.07 Å². The van der Waals surface area contributed by atoms with Crippen LogP contribution < -0.4 is 10.1 Å². The van der Waals surface area contributed by atoms with Crippen LogP contribution in [0.3, 0.4) is 0 Å². The smallest absolute Gasteiger partial charge is 0.269 e. The number of ether oxygens (including phenoxy) is 1. The molecule has 3 aromatic rings. The van der Waals surface area contributed by atoms with Gasteiger partial charge in [0.2, 0.25) is 0 Å². The molecule has 0 radical (unpaired) electrons. The van der Waals surface area contributed by atoms with Crippen LogP contribution in [-0.4, -0.2) is 46.4 Å². The van der Waals surface area contributed by atoms with E-state index in [0.717, 1.165) is 30.6 Å². The topological polar surface area (TPSA) is 83.1 Å². The van der Waals surface area contributed by atoms with Crippen LogP contribution in [0.15, 0.2) is 30.6 Å². The first-order valence-electron chi connectivity index (χ1n) is 9.13. The number of H-pyrrole nitrogens is 1. The summed E-state index contributed by atoms with van der Waals surface area (Å²) in [5, 5.41) is 4.20. The molecule has 7 heteroatoms. The first kappa shape index (κ1) is 17.5. The van der Waals surface area contributed by atoms with Gasteiger partial charge in [0.25, 0.3) is 5.91 Å². The molecule has 0 aromatic carbocycles. The van der Waals surface area contributed by atoms with Crippen LogP contribution in [0.25, 0.3) is 11.0 Å². The zero-order chi connectivity index (χ0) is 19.0. The lowest BCUT2D eigenvalue weighted by atomic mass is 9.94. The second kappa shape index (κ2) is 7.00. The number of amides is 1. The van der Waals surface area contributed by atoms with Crippen molar-refractivity contribution >= 4 is 16.9 Å². The summed E-state index contributed by atoms with van der Waals surface area (Å²) in [7, 11) is 3.43. The van der Waals surface area contributed by atoms with Crippen LogP contribution in [0.2, 0.25) is 0 Å². The van der Waals surface area contributed by atoms with E-state index < -0.39 is 0 Å². The molecule has 0 saturated carbocycles. The number of carbonyl (C=O) groups excluding carboxylic acids is 1. The summed E-state index contributed by atoms with van der Waals surface area (Å²) >= 11 is 0. The Bertz CT molecular complexity index is 995. The third-order valence-corrected chi connectivity index (χ3v) is 4.92. The fourth-order valence-corrected chi connectivity index (χ4v) is 3.45. The second-order valence-corrected chi connectivity index (χ2v) is 7.01. The maximum atomic E-state index is 12.2. The minimum Gasteiger partial charge on any atom is -0.455 e. The molecule has 0 bridgehead atoms. The van der Waals surface area contributed by atoms with Crippen LogP contribution in [0, 0.1) is 0 Å². The number of nitrogens with zero attached hydrogens (tertiary/aromatic N) is 3. The standard InChI is InChI=1S/C20H23N5O2/c1-4-12-9-21-10-13-7-14(11-23-18(12)13)27-17-5-6-22-19-15(17)8-16(24-19)20(26)25(2)3/h5-8,11-12,21H,4,9-10H2,1-3H3,(H,22,24)/t12-/m0/s1. The Morgan fingerprint density at radius 1 is 1.33 bits per heavy atom. The predicted octanol–water partition coefficient (Wildman–Crippen LogP) is 3.05. The third-order valence-electron chi connectivity index (χ3n) is 4.92. The number of fused-ring (bicyclic) bond motifs is 2.